The molecule has 1 aromatic heterocycles. The summed E-state index contributed by atoms with van der Waals surface area (Å²) in [5, 5.41) is 8.63. The third-order valence-corrected chi connectivity index (χ3v) is 6.02. The van der Waals surface area contributed by atoms with Gasteiger partial charge in [-0.2, -0.15) is 0 Å². The molecular formula is C23H28N6O3. The maximum Gasteiger partial charge on any atom is 0.320 e. The second-order valence-corrected chi connectivity index (χ2v) is 8.14. The Labute approximate surface area is 187 Å². The summed E-state index contributed by atoms with van der Waals surface area (Å²) < 4.78 is 5.34. The summed E-state index contributed by atoms with van der Waals surface area (Å²) in [7, 11) is 0. The molecule has 2 aliphatic rings. The molecule has 3 heterocycles. The van der Waals surface area contributed by atoms with Gasteiger partial charge in [-0.05, 0) is 36.2 Å². The molecule has 9 nitrogen and oxygen atoms in total. The molecule has 2 fully saturated rings. The van der Waals surface area contributed by atoms with Gasteiger partial charge in [-0.3, -0.25) is 4.90 Å². The van der Waals surface area contributed by atoms with Crippen LogP contribution in [0.2, 0.25) is 0 Å². The maximum atomic E-state index is 12.6. The molecule has 2 saturated heterocycles. The van der Waals surface area contributed by atoms with Crippen LogP contribution in [0.1, 0.15) is 5.56 Å². The van der Waals surface area contributed by atoms with Crippen LogP contribution in [-0.2, 0) is 11.2 Å². The first kappa shape index (κ1) is 20.7. The zero-order valence-corrected chi connectivity index (χ0v) is 18.1. The van der Waals surface area contributed by atoms with Crippen LogP contribution in [0.5, 0.6) is 5.75 Å². The third-order valence-electron chi connectivity index (χ3n) is 6.02. The summed E-state index contributed by atoms with van der Waals surface area (Å²) in [4.78, 5) is 25.9. The van der Waals surface area contributed by atoms with Gasteiger partial charge in [0.25, 0.3) is 0 Å². The van der Waals surface area contributed by atoms with Crippen LogP contribution < -0.4 is 4.84 Å². The molecule has 32 heavy (non-hydrogen) atoms. The number of urea groups is 1. The predicted molar refractivity (Wildman–Crippen MR) is 120 cm³/mol. The van der Waals surface area contributed by atoms with Crippen LogP contribution in [0, 0.1) is 0 Å². The van der Waals surface area contributed by atoms with E-state index in [-0.39, 0.29) is 6.03 Å². The molecule has 0 radical (unpaired) electrons. The molecule has 168 valence electrons. The van der Waals surface area contributed by atoms with E-state index >= 15 is 0 Å². The van der Waals surface area contributed by atoms with Crippen molar-refractivity contribution in [3.05, 3.63) is 54.1 Å². The lowest BCUT2D eigenvalue weighted by molar-refractivity contribution is 0.0378. The van der Waals surface area contributed by atoms with E-state index in [1.807, 2.05) is 46.2 Å². The number of morpholine rings is 1. The number of hydrogen-bond donors (Lipinski definition) is 0. The SMILES string of the molecule is O=C(N1CCOCC1)N1CCN(CCc2ccc(On3nc4ccccc4n3)cc2)CC1. The molecule has 5 rings (SSSR count). The van der Waals surface area contributed by atoms with Crippen molar-refractivity contribution >= 4 is 17.1 Å². The highest BCUT2D eigenvalue weighted by Gasteiger charge is 2.26. The zero-order chi connectivity index (χ0) is 21.8. The lowest BCUT2D eigenvalue weighted by Gasteiger charge is -2.38. The minimum atomic E-state index is 0.156. The summed E-state index contributed by atoms with van der Waals surface area (Å²) >= 11 is 0. The van der Waals surface area contributed by atoms with Gasteiger partial charge in [0.2, 0.25) is 0 Å². The Kier molecular flexibility index (Phi) is 6.17. The normalized spacial score (nSPS) is 17.6. The zero-order valence-electron chi connectivity index (χ0n) is 18.1. The number of benzene rings is 2. The van der Waals surface area contributed by atoms with Crippen LogP contribution in [0.3, 0.4) is 0 Å². The average molecular weight is 437 g/mol. The molecule has 0 saturated carbocycles. The Hall–Kier alpha value is -3.17. The molecule has 0 N–H and O–H groups in total. The van der Waals surface area contributed by atoms with Gasteiger partial charge < -0.3 is 19.4 Å². The van der Waals surface area contributed by atoms with Gasteiger partial charge in [0.15, 0.2) is 5.75 Å². The van der Waals surface area contributed by atoms with E-state index in [0.29, 0.717) is 32.1 Å². The fourth-order valence-corrected chi connectivity index (χ4v) is 4.10. The molecule has 0 unspecified atom stereocenters. The first-order chi connectivity index (χ1) is 15.7. The number of fused-ring (bicyclic) bond motifs is 1. The highest BCUT2D eigenvalue weighted by molar-refractivity contribution is 5.74. The highest BCUT2D eigenvalue weighted by Crippen LogP contribution is 2.15. The highest BCUT2D eigenvalue weighted by atomic mass is 16.7. The fourth-order valence-electron chi connectivity index (χ4n) is 4.10. The summed E-state index contributed by atoms with van der Waals surface area (Å²) in [5.74, 6) is 0.698. The molecule has 2 amide bonds. The summed E-state index contributed by atoms with van der Waals surface area (Å²) in [6.45, 7) is 7.06. The standard InChI is InChI=1S/C23H28N6O3/c30-23(28-15-17-31-18-16-28)27-13-11-26(12-14-27)10-9-19-5-7-20(8-6-19)32-29-24-21-3-1-2-4-22(21)25-29/h1-8H,9-18H2. The van der Waals surface area contributed by atoms with Crippen LogP contribution in [-0.4, -0.2) is 94.9 Å². The van der Waals surface area contributed by atoms with Gasteiger partial charge in [-0.25, -0.2) is 4.79 Å². The second kappa shape index (κ2) is 9.54. The van der Waals surface area contributed by atoms with E-state index < -0.39 is 0 Å². The lowest BCUT2D eigenvalue weighted by atomic mass is 10.1. The molecule has 3 aromatic rings. The Balaban J connectivity index is 1.07. The summed E-state index contributed by atoms with van der Waals surface area (Å²) in [6.07, 6.45) is 0.960. The number of nitrogens with zero attached hydrogens (tertiary/aromatic N) is 6. The topological polar surface area (TPSA) is 76.0 Å². The van der Waals surface area contributed by atoms with Gasteiger partial charge in [0, 0.05) is 50.8 Å². The number of amides is 2. The fraction of sp³-hybridized carbons (Fsp3) is 0.435. The van der Waals surface area contributed by atoms with E-state index in [9.17, 15) is 4.79 Å². The van der Waals surface area contributed by atoms with Crippen molar-refractivity contribution in [2.45, 2.75) is 6.42 Å². The minimum absolute atomic E-state index is 0.156. The van der Waals surface area contributed by atoms with Crippen molar-refractivity contribution in [3.63, 3.8) is 0 Å². The number of rotatable bonds is 5. The molecule has 0 bridgehead atoms. The average Bonchev–Trinajstić information content (AvgIpc) is 3.26. The van der Waals surface area contributed by atoms with Crippen LogP contribution >= 0.6 is 0 Å². The Bertz CT molecular complexity index is 1010. The van der Waals surface area contributed by atoms with Crippen LogP contribution in [0.4, 0.5) is 4.79 Å². The summed E-state index contributed by atoms with van der Waals surface area (Å²) in [6, 6.07) is 15.9. The molecular weight excluding hydrogens is 408 g/mol. The maximum absolute atomic E-state index is 12.6. The first-order valence-electron chi connectivity index (χ1n) is 11.2. The Morgan fingerprint density at radius 1 is 0.844 bits per heavy atom. The van der Waals surface area contributed by atoms with Crippen molar-refractivity contribution in [1.82, 2.24) is 29.9 Å². The number of piperazine rings is 1. The van der Waals surface area contributed by atoms with Gasteiger partial charge in [0.1, 0.15) is 11.0 Å². The molecule has 0 atom stereocenters. The van der Waals surface area contributed by atoms with E-state index in [0.717, 1.165) is 50.2 Å². The monoisotopic (exact) mass is 436 g/mol. The minimum Gasteiger partial charge on any atom is -0.378 e. The van der Waals surface area contributed by atoms with Crippen molar-refractivity contribution in [3.8, 4) is 5.75 Å². The van der Waals surface area contributed by atoms with Crippen LogP contribution in [0.15, 0.2) is 48.5 Å². The quantitative estimate of drug-likeness (QED) is 0.608. The Morgan fingerprint density at radius 2 is 1.47 bits per heavy atom. The molecule has 0 spiro atoms. The van der Waals surface area contributed by atoms with E-state index in [2.05, 4.69) is 27.2 Å². The molecule has 0 aliphatic carbocycles. The number of hydrogen-bond acceptors (Lipinski definition) is 6. The van der Waals surface area contributed by atoms with Gasteiger partial charge in [-0.1, -0.05) is 24.3 Å². The number of aromatic nitrogens is 3. The van der Waals surface area contributed by atoms with Crippen molar-refractivity contribution in [2.75, 3.05) is 59.0 Å². The molecule has 2 aromatic carbocycles. The number of ether oxygens (including phenoxy) is 1. The van der Waals surface area contributed by atoms with Crippen molar-refractivity contribution in [1.29, 1.82) is 0 Å². The largest absolute Gasteiger partial charge is 0.378 e. The Morgan fingerprint density at radius 3 is 2.12 bits per heavy atom. The lowest BCUT2D eigenvalue weighted by Crippen LogP contribution is -2.54. The smallest absolute Gasteiger partial charge is 0.320 e. The van der Waals surface area contributed by atoms with Crippen molar-refractivity contribution < 1.29 is 14.4 Å². The predicted octanol–water partition coefficient (Wildman–Crippen LogP) is 1.89. The van der Waals surface area contributed by atoms with Gasteiger partial charge >= 0.3 is 6.03 Å². The van der Waals surface area contributed by atoms with Crippen LogP contribution in [0.25, 0.3) is 11.0 Å². The van der Waals surface area contributed by atoms with E-state index in [1.165, 1.54) is 10.5 Å². The van der Waals surface area contributed by atoms with E-state index in [4.69, 9.17) is 9.57 Å². The molecule has 2 aliphatic heterocycles. The molecule has 9 heteroatoms. The van der Waals surface area contributed by atoms with Gasteiger partial charge in [-0.15, -0.1) is 10.2 Å². The van der Waals surface area contributed by atoms with Crippen molar-refractivity contribution in [2.24, 2.45) is 0 Å². The second-order valence-electron chi connectivity index (χ2n) is 8.14. The number of carbonyl (C=O) groups excluding carboxylic acids is 1. The number of carbonyl (C=O) groups is 1. The van der Waals surface area contributed by atoms with E-state index in [1.54, 1.807) is 0 Å². The third kappa shape index (κ3) is 4.84. The first-order valence-corrected chi connectivity index (χ1v) is 11.2. The van der Waals surface area contributed by atoms with Gasteiger partial charge in [0.05, 0.1) is 13.2 Å². The summed E-state index contributed by atoms with van der Waals surface area (Å²) in [5.41, 5.74) is 2.86.